The van der Waals surface area contributed by atoms with Crippen LogP contribution in [0.5, 0.6) is 0 Å². The van der Waals surface area contributed by atoms with E-state index >= 15 is 0 Å². The number of rotatable bonds is 4. The summed E-state index contributed by atoms with van der Waals surface area (Å²) in [6.45, 7) is 1.46. The third-order valence-electron chi connectivity index (χ3n) is 4.22. The molecule has 2 aromatic carbocycles. The fourth-order valence-electron chi connectivity index (χ4n) is 2.89. The van der Waals surface area contributed by atoms with Crippen molar-refractivity contribution in [2.45, 2.75) is 13.0 Å². The monoisotopic (exact) mass is 484 g/mol. The number of guanidine groups is 1. The molecule has 0 saturated heterocycles. The largest absolute Gasteiger partial charge is 0.352 e. The average Bonchev–Trinajstić information content (AvgIpc) is 3.07. The average molecular weight is 485 g/mol. The van der Waals surface area contributed by atoms with Crippen LogP contribution < -0.4 is 15.5 Å². The summed E-state index contributed by atoms with van der Waals surface area (Å²) in [5, 5.41) is 6.95. The van der Waals surface area contributed by atoms with Crippen molar-refractivity contribution < 1.29 is 4.79 Å². The fraction of sp³-hybridized carbons (Fsp3) is 0.263. The predicted molar refractivity (Wildman–Crippen MR) is 118 cm³/mol. The predicted octanol–water partition coefficient (Wildman–Crippen LogP) is 3.21. The third kappa shape index (κ3) is 4.88. The summed E-state index contributed by atoms with van der Waals surface area (Å²) in [5.74, 6) is 0.603. The number of nitrogens with one attached hydrogen (secondary N) is 2. The van der Waals surface area contributed by atoms with Gasteiger partial charge in [0, 0.05) is 30.8 Å². The van der Waals surface area contributed by atoms with Crippen LogP contribution in [0.4, 0.5) is 5.69 Å². The Hall–Kier alpha value is -1.80. The lowest BCUT2D eigenvalue weighted by atomic mass is 10.2. The van der Waals surface area contributed by atoms with Crippen LogP contribution in [0.1, 0.15) is 11.1 Å². The minimum absolute atomic E-state index is 0. The van der Waals surface area contributed by atoms with Gasteiger partial charge in [0.25, 0.3) is 0 Å². The number of fused-ring (bicyclic) bond motifs is 1. The first-order chi connectivity index (χ1) is 12.2. The lowest BCUT2D eigenvalue weighted by Gasteiger charge is -2.19. The first kappa shape index (κ1) is 20.5. The maximum Gasteiger partial charge on any atom is 0.246 e. The number of amides is 1. The smallest absolute Gasteiger partial charge is 0.246 e. The quantitative estimate of drug-likeness (QED) is 0.398. The van der Waals surface area contributed by atoms with Crippen molar-refractivity contribution in [2.24, 2.45) is 4.99 Å². The Labute approximate surface area is 175 Å². The Balaban J connectivity index is 0.00000243. The molecule has 3 rings (SSSR count). The molecule has 0 unspecified atom stereocenters. The SMILES string of the molecule is CN=C(NCC(=O)N1CCc2ccccc21)NCc1ccccc1Cl.I. The zero-order chi connectivity index (χ0) is 17.6. The van der Waals surface area contributed by atoms with E-state index in [0.717, 1.165) is 24.2 Å². The first-order valence-electron chi connectivity index (χ1n) is 8.25. The van der Waals surface area contributed by atoms with Gasteiger partial charge in [-0.2, -0.15) is 0 Å². The second-order valence-electron chi connectivity index (χ2n) is 5.79. The number of nitrogens with zero attached hydrogens (tertiary/aromatic N) is 2. The van der Waals surface area contributed by atoms with E-state index in [1.165, 1.54) is 5.56 Å². The zero-order valence-corrected chi connectivity index (χ0v) is 17.6. The number of carbonyl (C=O) groups is 1. The van der Waals surface area contributed by atoms with Crippen molar-refractivity contribution in [3.8, 4) is 0 Å². The molecule has 138 valence electrons. The molecule has 2 N–H and O–H groups in total. The number of para-hydroxylation sites is 1. The standard InChI is InChI=1S/C19H21ClN4O.HI/c1-21-19(22-12-15-7-2-4-8-16(15)20)23-13-18(25)24-11-10-14-6-3-5-9-17(14)24;/h2-9H,10-13H2,1H3,(H2,21,22,23);1H. The van der Waals surface area contributed by atoms with Gasteiger partial charge >= 0.3 is 0 Å². The zero-order valence-electron chi connectivity index (χ0n) is 14.5. The van der Waals surface area contributed by atoms with Crippen molar-refractivity contribution in [1.82, 2.24) is 10.6 Å². The Morgan fingerprint density at radius 2 is 1.88 bits per heavy atom. The Bertz CT molecular complexity index is 797. The highest BCUT2D eigenvalue weighted by Crippen LogP contribution is 2.27. The first-order valence-corrected chi connectivity index (χ1v) is 8.63. The lowest BCUT2D eigenvalue weighted by molar-refractivity contribution is -0.117. The van der Waals surface area contributed by atoms with Gasteiger partial charge in [-0.25, -0.2) is 0 Å². The van der Waals surface area contributed by atoms with Gasteiger partial charge in [0.15, 0.2) is 5.96 Å². The number of carbonyl (C=O) groups excluding carboxylic acids is 1. The Kier molecular flexibility index (Phi) is 7.71. The maximum absolute atomic E-state index is 12.5. The van der Waals surface area contributed by atoms with E-state index in [1.54, 1.807) is 7.05 Å². The molecule has 1 aliphatic rings. The fourth-order valence-corrected chi connectivity index (χ4v) is 3.10. The van der Waals surface area contributed by atoms with Crippen molar-refractivity contribution in [2.75, 3.05) is 25.0 Å². The molecule has 5 nitrogen and oxygen atoms in total. The summed E-state index contributed by atoms with van der Waals surface area (Å²) in [6.07, 6.45) is 0.904. The van der Waals surface area contributed by atoms with Gasteiger partial charge in [-0.15, -0.1) is 24.0 Å². The van der Waals surface area contributed by atoms with Crippen molar-refractivity contribution in [3.05, 3.63) is 64.7 Å². The highest BCUT2D eigenvalue weighted by atomic mass is 127. The molecule has 0 saturated carbocycles. The van der Waals surface area contributed by atoms with Crippen LogP contribution in [-0.4, -0.2) is 32.0 Å². The number of benzene rings is 2. The van der Waals surface area contributed by atoms with Crippen LogP contribution in [0.3, 0.4) is 0 Å². The van der Waals surface area contributed by atoms with Gasteiger partial charge in [0.1, 0.15) is 0 Å². The molecular formula is C19H22ClIN4O. The molecule has 0 bridgehead atoms. The molecule has 0 spiro atoms. The number of hydrogen-bond acceptors (Lipinski definition) is 2. The third-order valence-corrected chi connectivity index (χ3v) is 4.59. The van der Waals surface area contributed by atoms with Crippen LogP contribution in [0, 0.1) is 0 Å². The van der Waals surface area contributed by atoms with Crippen LogP contribution >= 0.6 is 35.6 Å². The second kappa shape index (κ2) is 9.78. The van der Waals surface area contributed by atoms with Gasteiger partial charge in [-0.3, -0.25) is 9.79 Å². The molecule has 0 radical (unpaired) electrons. The molecule has 7 heteroatoms. The second-order valence-corrected chi connectivity index (χ2v) is 6.20. The molecule has 0 atom stereocenters. The maximum atomic E-state index is 12.5. The molecule has 1 amide bonds. The summed E-state index contributed by atoms with van der Waals surface area (Å²) >= 11 is 6.15. The summed E-state index contributed by atoms with van der Waals surface area (Å²) in [5.41, 5.74) is 3.21. The van der Waals surface area contributed by atoms with Crippen molar-refractivity contribution in [3.63, 3.8) is 0 Å². The summed E-state index contributed by atoms with van der Waals surface area (Å²) in [4.78, 5) is 18.5. The van der Waals surface area contributed by atoms with Crippen molar-refractivity contribution >= 4 is 53.1 Å². The Morgan fingerprint density at radius 1 is 1.15 bits per heavy atom. The molecule has 1 aliphatic heterocycles. The van der Waals surface area contributed by atoms with Gasteiger partial charge in [0.05, 0.1) is 6.54 Å². The molecule has 2 aromatic rings. The topological polar surface area (TPSA) is 56.7 Å². The summed E-state index contributed by atoms with van der Waals surface area (Å²) in [7, 11) is 1.68. The van der Waals surface area contributed by atoms with E-state index in [0.29, 0.717) is 17.5 Å². The van der Waals surface area contributed by atoms with E-state index < -0.39 is 0 Å². The van der Waals surface area contributed by atoms with E-state index in [-0.39, 0.29) is 36.4 Å². The van der Waals surface area contributed by atoms with E-state index in [4.69, 9.17) is 11.6 Å². The van der Waals surface area contributed by atoms with Crippen LogP contribution in [0.2, 0.25) is 5.02 Å². The van der Waals surface area contributed by atoms with Gasteiger partial charge < -0.3 is 15.5 Å². The van der Waals surface area contributed by atoms with Gasteiger partial charge in [0.2, 0.25) is 5.91 Å². The Morgan fingerprint density at radius 3 is 2.65 bits per heavy atom. The van der Waals surface area contributed by atoms with Crippen LogP contribution in [0.25, 0.3) is 0 Å². The van der Waals surface area contributed by atoms with Gasteiger partial charge in [-0.05, 0) is 29.7 Å². The molecule has 0 aromatic heterocycles. The van der Waals surface area contributed by atoms with E-state index in [2.05, 4.69) is 21.7 Å². The molecule has 0 aliphatic carbocycles. The minimum atomic E-state index is 0. The lowest BCUT2D eigenvalue weighted by Crippen LogP contribution is -2.44. The van der Waals surface area contributed by atoms with Crippen LogP contribution in [0.15, 0.2) is 53.5 Å². The highest BCUT2D eigenvalue weighted by molar-refractivity contribution is 14.0. The van der Waals surface area contributed by atoms with E-state index in [1.807, 2.05) is 47.4 Å². The number of halogens is 2. The molecule has 0 fully saturated rings. The highest BCUT2D eigenvalue weighted by Gasteiger charge is 2.23. The number of aliphatic imine (C=N–C) groups is 1. The van der Waals surface area contributed by atoms with Crippen molar-refractivity contribution in [1.29, 1.82) is 0 Å². The minimum Gasteiger partial charge on any atom is -0.352 e. The van der Waals surface area contributed by atoms with Crippen LogP contribution in [-0.2, 0) is 17.8 Å². The van der Waals surface area contributed by atoms with Gasteiger partial charge in [-0.1, -0.05) is 48.0 Å². The normalized spacial score (nSPS) is 13.0. The molecular weight excluding hydrogens is 463 g/mol. The summed E-state index contributed by atoms with van der Waals surface area (Å²) in [6, 6.07) is 15.7. The number of anilines is 1. The summed E-state index contributed by atoms with van der Waals surface area (Å²) < 4.78 is 0. The number of hydrogen-bond donors (Lipinski definition) is 2. The molecule has 1 heterocycles. The molecule has 26 heavy (non-hydrogen) atoms. The van der Waals surface area contributed by atoms with E-state index in [9.17, 15) is 4.79 Å².